The number of benzene rings is 1. The van der Waals surface area contributed by atoms with Crippen molar-refractivity contribution < 1.29 is 19.5 Å². The first kappa shape index (κ1) is 24.0. The van der Waals surface area contributed by atoms with E-state index in [9.17, 15) is 19.5 Å². The van der Waals surface area contributed by atoms with Crippen LogP contribution in [0.5, 0.6) is 0 Å². The second kappa shape index (κ2) is 12.5. The Morgan fingerprint density at radius 3 is 2.35 bits per heavy atom. The van der Waals surface area contributed by atoms with Crippen LogP contribution in [0.25, 0.3) is 0 Å². The van der Waals surface area contributed by atoms with Crippen LogP contribution in [0.3, 0.4) is 0 Å². The molecule has 0 fully saturated rings. The molecule has 0 aliphatic carbocycles. The minimum atomic E-state index is -1.19. The van der Waals surface area contributed by atoms with Crippen LogP contribution in [0.4, 0.5) is 0 Å². The summed E-state index contributed by atoms with van der Waals surface area (Å²) in [5.74, 6) is -2.25. The fourth-order valence-corrected chi connectivity index (χ4v) is 3.07. The van der Waals surface area contributed by atoms with Crippen molar-refractivity contribution in [3.8, 4) is 0 Å². The summed E-state index contributed by atoms with van der Waals surface area (Å²) in [6.07, 6.45) is 5.05. The third-order valence-corrected chi connectivity index (χ3v) is 4.82. The number of hydrogen-bond donors (Lipinski definition) is 6. The number of carboxylic acids is 1. The van der Waals surface area contributed by atoms with Crippen molar-refractivity contribution in [1.29, 1.82) is 0 Å². The van der Waals surface area contributed by atoms with Crippen molar-refractivity contribution in [2.45, 2.75) is 50.2 Å². The first-order valence-corrected chi connectivity index (χ1v) is 10.2. The predicted octanol–water partition coefficient (Wildman–Crippen LogP) is -0.295. The molecule has 0 aliphatic rings. The van der Waals surface area contributed by atoms with Gasteiger partial charge in [0.1, 0.15) is 12.1 Å². The Hall–Kier alpha value is -3.24. The zero-order chi connectivity index (χ0) is 22.6. The fraction of sp³-hybridized carbons (Fsp3) is 0.429. The highest BCUT2D eigenvalue weighted by atomic mass is 16.4. The summed E-state index contributed by atoms with van der Waals surface area (Å²) in [4.78, 5) is 43.8. The number of nitrogens with zero attached hydrogens (tertiary/aromatic N) is 1. The number of amides is 2. The summed E-state index contributed by atoms with van der Waals surface area (Å²) >= 11 is 0. The van der Waals surface area contributed by atoms with Gasteiger partial charge in [-0.05, 0) is 24.9 Å². The van der Waals surface area contributed by atoms with E-state index in [0.29, 0.717) is 25.1 Å². The van der Waals surface area contributed by atoms with Crippen LogP contribution in [0.1, 0.15) is 30.5 Å². The van der Waals surface area contributed by atoms with Crippen LogP contribution in [-0.4, -0.2) is 57.5 Å². The summed E-state index contributed by atoms with van der Waals surface area (Å²) in [6.45, 7) is 0.514. The normalized spacial score (nSPS) is 13.7. The third kappa shape index (κ3) is 8.19. The van der Waals surface area contributed by atoms with Gasteiger partial charge in [-0.1, -0.05) is 36.8 Å². The van der Waals surface area contributed by atoms with Gasteiger partial charge in [0, 0.05) is 24.7 Å². The second-order valence-electron chi connectivity index (χ2n) is 7.32. The van der Waals surface area contributed by atoms with Crippen LogP contribution in [0.15, 0.2) is 42.9 Å². The highest BCUT2D eigenvalue weighted by molar-refractivity contribution is 5.92. The highest BCUT2D eigenvalue weighted by Gasteiger charge is 2.28. The average Bonchev–Trinajstić information content (AvgIpc) is 3.26. The summed E-state index contributed by atoms with van der Waals surface area (Å²) in [5, 5.41) is 14.7. The summed E-state index contributed by atoms with van der Waals surface area (Å²) in [5.41, 5.74) is 12.8. The number of H-pyrrole nitrogens is 1. The number of carboxylic acid groups (broad SMARTS) is 1. The second-order valence-corrected chi connectivity index (χ2v) is 7.32. The fourth-order valence-electron chi connectivity index (χ4n) is 3.07. The van der Waals surface area contributed by atoms with Crippen LogP contribution >= 0.6 is 0 Å². The lowest BCUT2D eigenvalue weighted by atomic mass is 10.0. The molecule has 0 aliphatic heterocycles. The number of nitrogens with two attached hydrogens (primary N) is 2. The molecule has 0 spiro atoms. The number of imidazole rings is 1. The van der Waals surface area contributed by atoms with Gasteiger partial charge in [-0.2, -0.15) is 0 Å². The summed E-state index contributed by atoms with van der Waals surface area (Å²) < 4.78 is 0. The molecule has 10 nitrogen and oxygen atoms in total. The lowest BCUT2D eigenvalue weighted by Crippen LogP contribution is -2.55. The number of carbonyl (C=O) groups excluding carboxylic acids is 2. The Kier molecular flexibility index (Phi) is 9.66. The molecule has 0 saturated carbocycles. The summed E-state index contributed by atoms with van der Waals surface area (Å²) in [6, 6.07) is 6.21. The molecule has 2 aromatic rings. The van der Waals surface area contributed by atoms with E-state index in [1.54, 1.807) is 0 Å². The van der Waals surface area contributed by atoms with Gasteiger partial charge in [-0.15, -0.1) is 0 Å². The van der Waals surface area contributed by atoms with E-state index in [2.05, 4.69) is 20.6 Å². The molecule has 31 heavy (non-hydrogen) atoms. The number of aliphatic carboxylic acids is 1. The molecule has 0 bridgehead atoms. The van der Waals surface area contributed by atoms with Crippen LogP contribution in [0, 0.1) is 0 Å². The maximum Gasteiger partial charge on any atom is 0.326 e. The zero-order valence-corrected chi connectivity index (χ0v) is 17.3. The minimum Gasteiger partial charge on any atom is -0.480 e. The number of nitrogens with one attached hydrogen (secondary N) is 3. The monoisotopic (exact) mass is 430 g/mol. The molecule has 0 unspecified atom stereocenters. The van der Waals surface area contributed by atoms with Gasteiger partial charge in [0.05, 0.1) is 12.4 Å². The lowest BCUT2D eigenvalue weighted by Gasteiger charge is -2.23. The van der Waals surface area contributed by atoms with E-state index in [1.165, 1.54) is 12.5 Å². The molecule has 1 aromatic carbocycles. The van der Waals surface area contributed by atoms with Gasteiger partial charge in [-0.3, -0.25) is 9.59 Å². The van der Waals surface area contributed by atoms with Crippen molar-refractivity contribution in [3.05, 3.63) is 54.1 Å². The van der Waals surface area contributed by atoms with Crippen LogP contribution < -0.4 is 22.1 Å². The van der Waals surface area contributed by atoms with Gasteiger partial charge in [0.2, 0.25) is 11.8 Å². The van der Waals surface area contributed by atoms with Gasteiger partial charge in [0.25, 0.3) is 0 Å². The first-order chi connectivity index (χ1) is 14.9. The first-order valence-electron chi connectivity index (χ1n) is 10.2. The minimum absolute atomic E-state index is 0.0334. The molecule has 1 heterocycles. The Labute approximate surface area is 180 Å². The molecule has 2 amide bonds. The van der Waals surface area contributed by atoms with Crippen molar-refractivity contribution in [2.24, 2.45) is 11.5 Å². The van der Waals surface area contributed by atoms with Crippen molar-refractivity contribution in [3.63, 3.8) is 0 Å². The number of rotatable bonds is 13. The molecule has 2 rings (SSSR count). The van der Waals surface area contributed by atoms with Crippen molar-refractivity contribution in [2.75, 3.05) is 6.54 Å². The SMILES string of the molecule is NCCCC[C@H](N)C(=O)N[C@@H](Cc1ccccc1)C(=O)N[C@@H](Cc1cnc[nH]1)C(=O)O. The Bertz CT molecular complexity index is 828. The van der Waals surface area contributed by atoms with Gasteiger partial charge in [0.15, 0.2) is 0 Å². The third-order valence-electron chi connectivity index (χ3n) is 4.82. The van der Waals surface area contributed by atoms with E-state index < -0.39 is 35.9 Å². The topological polar surface area (TPSA) is 176 Å². The molecule has 168 valence electrons. The number of aromatic nitrogens is 2. The Morgan fingerprint density at radius 1 is 1.03 bits per heavy atom. The van der Waals surface area contributed by atoms with Crippen LogP contribution in [-0.2, 0) is 27.2 Å². The molecule has 3 atom stereocenters. The Balaban J connectivity index is 2.09. The van der Waals surface area contributed by atoms with Crippen molar-refractivity contribution in [1.82, 2.24) is 20.6 Å². The average molecular weight is 431 g/mol. The molecule has 10 heteroatoms. The van der Waals surface area contributed by atoms with E-state index in [4.69, 9.17) is 11.5 Å². The maximum atomic E-state index is 12.9. The molecule has 1 aromatic heterocycles. The maximum absolute atomic E-state index is 12.9. The van der Waals surface area contributed by atoms with Gasteiger partial charge >= 0.3 is 5.97 Å². The largest absolute Gasteiger partial charge is 0.480 e. The molecule has 0 radical (unpaired) electrons. The van der Waals surface area contributed by atoms with Crippen LogP contribution in [0.2, 0.25) is 0 Å². The van der Waals surface area contributed by atoms with E-state index >= 15 is 0 Å². The van der Waals surface area contributed by atoms with E-state index in [1.807, 2.05) is 30.3 Å². The Morgan fingerprint density at radius 2 is 1.74 bits per heavy atom. The van der Waals surface area contributed by atoms with E-state index in [-0.39, 0.29) is 12.8 Å². The summed E-state index contributed by atoms with van der Waals surface area (Å²) in [7, 11) is 0. The molecule has 0 saturated heterocycles. The van der Waals surface area contributed by atoms with Gasteiger partial charge < -0.3 is 32.2 Å². The quantitative estimate of drug-likeness (QED) is 0.236. The number of aromatic amines is 1. The van der Waals surface area contributed by atoms with Crippen molar-refractivity contribution >= 4 is 17.8 Å². The zero-order valence-electron chi connectivity index (χ0n) is 17.3. The lowest BCUT2D eigenvalue weighted by molar-refractivity contribution is -0.142. The number of carbonyl (C=O) groups is 3. The molecular formula is C21H30N6O4. The molecular weight excluding hydrogens is 400 g/mol. The smallest absolute Gasteiger partial charge is 0.326 e. The number of unbranched alkanes of at least 4 members (excludes halogenated alkanes) is 1. The van der Waals surface area contributed by atoms with E-state index in [0.717, 1.165) is 12.0 Å². The molecule has 8 N–H and O–H groups in total. The highest BCUT2D eigenvalue weighted by Crippen LogP contribution is 2.07. The standard InChI is InChI=1S/C21H30N6O4/c22-9-5-4-8-16(23)19(28)26-17(10-14-6-2-1-3-7-14)20(29)27-18(21(30)31)11-15-12-24-13-25-15/h1-3,6-7,12-13,16-18H,4-5,8-11,22-23H2,(H,24,25)(H,26,28)(H,27,29)(H,30,31)/t16-,17-,18-/m0/s1. The predicted molar refractivity (Wildman–Crippen MR) is 115 cm³/mol. The number of hydrogen-bond acceptors (Lipinski definition) is 6. The van der Waals surface area contributed by atoms with Gasteiger partial charge in [-0.25, -0.2) is 9.78 Å².